The molecular formula is C27H40N2O4Y. The van der Waals surface area contributed by atoms with Gasteiger partial charge in [-0.3, -0.25) is 4.79 Å². The fraction of sp³-hybridized carbons (Fsp3) is 0.444. The molecule has 7 heteroatoms. The third-order valence-corrected chi connectivity index (χ3v) is 5.08. The molecule has 3 N–H and O–H groups in total. The quantitative estimate of drug-likeness (QED) is 0.304. The van der Waals surface area contributed by atoms with Crippen LogP contribution in [0, 0.1) is 0 Å². The van der Waals surface area contributed by atoms with Crippen LogP contribution in [0.1, 0.15) is 71.4 Å². The summed E-state index contributed by atoms with van der Waals surface area (Å²) in [5.74, 6) is 0.736. The molecule has 0 saturated heterocycles. The Morgan fingerprint density at radius 2 is 1.94 bits per heavy atom. The molecule has 1 amide bonds. The topological polar surface area (TPSA) is 83.7 Å². The minimum atomic E-state index is -0.0990. The van der Waals surface area contributed by atoms with Crippen LogP contribution in [0.5, 0.6) is 0 Å². The number of rotatable bonds is 10. The van der Waals surface area contributed by atoms with Crippen LogP contribution in [0.3, 0.4) is 0 Å². The molecule has 1 radical (unpaired) electrons. The summed E-state index contributed by atoms with van der Waals surface area (Å²) in [6.07, 6.45) is 16.3. The summed E-state index contributed by atoms with van der Waals surface area (Å²) in [6.45, 7) is 11.9. The van der Waals surface area contributed by atoms with Gasteiger partial charge in [0.25, 0.3) is 0 Å². The molecule has 185 valence electrons. The standard InChI is InChI=1S/C26H36N2O3.CH4O.Y/c1-7-10-20(27-19(5)29)15-24-25(17-28(21-12-13-21)26(24)9-3)18(4)14-23(31-6)16-22(30)11-8-2;1-2;/h9-10,14-17,21,30H,4,7-8,11-13H2,1-3,5-6H3,(H,27,29);2H,1H3;/b20-10-,22-16+,23-14+,24-15-,26-9+;;. The van der Waals surface area contributed by atoms with Crippen molar-refractivity contribution in [3.05, 3.63) is 64.4 Å². The summed E-state index contributed by atoms with van der Waals surface area (Å²) in [7, 11) is 2.58. The van der Waals surface area contributed by atoms with Crippen molar-refractivity contribution in [2.24, 2.45) is 0 Å². The number of allylic oxidation sites excluding steroid dienone is 6. The van der Waals surface area contributed by atoms with Gasteiger partial charge in [0, 0.05) is 93.3 Å². The van der Waals surface area contributed by atoms with Crippen LogP contribution in [-0.2, 0) is 42.2 Å². The van der Waals surface area contributed by atoms with E-state index in [2.05, 4.69) is 28.7 Å². The molecule has 34 heavy (non-hydrogen) atoms. The molecule has 0 unspecified atom stereocenters. The van der Waals surface area contributed by atoms with Crippen LogP contribution in [0.15, 0.2) is 48.2 Å². The maximum atomic E-state index is 11.7. The molecule has 1 saturated carbocycles. The van der Waals surface area contributed by atoms with Gasteiger partial charge in [-0.2, -0.15) is 0 Å². The number of hydrogen-bond donors (Lipinski definition) is 3. The van der Waals surface area contributed by atoms with Gasteiger partial charge >= 0.3 is 0 Å². The zero-order valence-electron chi connectivity index (χ0n) is 21.5. The second-order valence-electron chi connectivity index (χ2n) is 7.82. The van der Waals surface area contributed by atoms with Crippen molar-refractivity contribution < 1.29 is 52.5 Å². The molecule has 0 aromatic carbocycles. The maximum Gasteiger partial charge on any atom is 0.221 e. The average molecular weight is 546 g/mol. The van der Waals surface area contributed by atoms with E-state index in [0.717, 1.165) is 60.2 Å². The Morgan fingerprint density at radius 3 is 2.41 bits per heavy atom. The molecule has 2 rings (SSSR count). The number of aliphatic hydroxyl groups is 2. The zero-order valence-corrected chi connectivity index (χ0v) is 24.4. The first-order valence-corrected chi connectivity index (χ1v) is 11.5. The van der Waals surface area contributed by atoms with Crippen LogP contribution in [-0.4, -0.2) is 34.9 Å². The minimum absolute atomic E-state index is 0. The van der Waals surface area contributed by atoms with Gasteiger partial charge in [0.05, 0.1) is 12.9 Å². The molecule has 1 aliphatic carbocycles. The summed E-state index contributed by atoms with van der Waals surface area (Å²) >= 11 is 0. The van der Waals surface area contributed by atoms with Crippen LogP contribution < -0.4 is 15.9 Å². The number of amides is 1. The minimum Gasteiger partial charge on any atom is -0.512 e. The van der Waals surface area contributed by atoms with E-state index >= 15 is 0 Å². The molecule has 1 aliphatic rings. The van der Waals surface area contributed by atoms with Crippen molar-refractivity contribution in [1.82, 2.24) is 9.88 Å². The molecule has 0 bridgehead atoms. The van der Waals surface area contributed by atoms with Crippen LogP contribution in [0.25, 0.3) is 17.7 Å². The Hall–Kier alpha value is -1.89. The molecular weight excluding hydrogens is 505 g/mol. The van der Waals surface area contributed by atoms with Gasteiger partial charge in [-0.05, 0) is 50.3 Å². The van der Waals surface area contributed by atoms with Gasteiger partial charge in [-0.1, -0.05) is 32.6 Å². The number of nitrogens with zero attached hydrogens (tertiary/aromatic N) is 1. The van der Waals surface area contributed by atoms with Gasteiger partial charge in [-0.15, -0.1) is 0 Å². The molecule has 0 atom stereocenters. The van der Waals surface area contributed by atoms with E-state index in [4.69, 9.17) is 9.84 Å². The largest absolute Gasteiger partial charge is 0.512 e. The summed E-state index contributed by atoms with van der Waals surface area (Å²) in [6, 6.07) is 0.499. The molecule has 1 heterocycles. The molecule has 1 aromatic heterocycles. The van der Waals surface area contributed by atoms with Gasteiger partial charge in [-0.25, -0.2) is 0 Å². The Labute approximate surface area is 229 Å². The number of aromatic nitrogens is 1. The third kappa shape index (κ3) is 9.77. The Balaban J connectivity index is 0.00000353. The van der Waals surface area contributed by atoms with Gasteiger partial charge in [0.2, 0.25) is 5.91 Å². The monoisotopic (exact) mass is 545 g/mol. The zero-order chi connectivity index (χ0) is 25.0. The van der Waals surface area contributed by atoms with E-state index < -0.39 is 0 Å². The molecule has 1 aromatic rings. The maximum absolute atomic E-state index is 11.7. The summed E-state index contributed by atoms with van der Waals surface area (Å²) in [5, 5.41) is 22.1. The number of ether oxygens (including phenoxy) is 1. The van der Waals surface area contributed by atoms with E-state index in [9.17, 15) is 9.90 Å². The van der Waals surface area contributed by atoms with Crippen molar-refractivity contribution in [3.63, 3.8) is 0 Å². The number of nitrogens with one attached hydrogen (secondary N) is 1. The predicted octanol–water partition coefficient (Wildman–Crippen LogP) is 4.23. The predicted molar refractivity (Wildman–Crippen MR) is 137 cm³/mol. The first kappa shape index (κ1) is 32.1. The van der Waals surface area contributed by atoms with Gasteiger partial charge in [0.1, 0.15) is 5.76 Å². The Morgan fingerprint density at radius 1 is 1.29 bits per heavy atom. The van der Waals surface area contributed by atoms with E-state index in [0.29, 0.717) is 18.2 Å². The summed E-state index contributed by atoms with van der Waals surface area (Å²) in [5.41, 5.74) is 2.53. The summed E-state index contributed by atoms with van der Waals surface area (Å²) < 4.78 is 7.77. The fourth-order valence-electron chi connectivity index (χ4n) is 3.55. The van der Waals surface area contributed by atoms with Crippen molar-refractivity contribution in [1.29, 1.82) is 0 Å². The number of aliphatic hydroxyl groups excluding tert-OH is 2. The molecule has 0 aliphatic heterocycles. The number of carbonyl (C=O) groups excluding carboxylic acids is 1. The van der Waals surface area contributed by atoms with E-state index in [1.165, 1.54) is 6.92 Å². The van der Waals surface area contributed by atoms with E-state index in [1.54, 1.807) is 13.2 Å². The third-order valence-electron chi connectivity index (χ3n) is 5.08. The van der Waals surface area contributed by atoms with Crippen molar-refractivity contribution in [2.75, 3.05) is 14.2 Å². The average Bonchev–Trinajstić information content (AvgIpc) is 3.56. The van der Waals surface area contributed by atoms with Crippen molar-refractivity contribution in [3.8, 4) is 0 Å². The fourth-order valence-corrected chi connectivity index (χ4v) is 3.55. The molecule has 0 spiro atoms. The van der Waals surface area contributed by atoms with E-state index in [1.807, 2.05) is 39.0 Å². The first-order valence-electron chi connectivity index (χ1n) is 11.5. The second kappa shape index (κ2) is 16.7. The normalized spacial score (nSPS) is 15.3. The van der Waals surface area contributed by atoms with Crippen molar-refractivity contribution >= 4 is 23.6 Å². The second-order valence-corrected chi connectivity index (χ2v) is 7.82. The molecule has 1 fully saturated rings. The first-order chi connectivity index (χ1) is 15.8. The smallest absolute Gasteiger partial charge is 0.221 e. The van der Waals surface area contributed by atoms with Gasteiger partial charge < -0.3 is 24.8 Å². The summed E-state index contributed by atoms with van der Waals surface area (Å²) in [4.78, 5) is 11.7. The van der Waals surface area contributed by atoms with Crippen LogP contribution in [0.4, 0.5) is 0 Å². The Bertz CT molecular complexity index is 1030. The number of methoxy groups -OCH3 is 1. The van der Waals surface area contributed by atoms with E-state index in [-0.39, 0.29) is 44.4 Å². The molecule has 6 nitrogen and oxygen atoms in total. The van der Waals surface area contributed by atoms with Gasteiger partial charge in [0.15, 0.2) is 0 Å². The van der Waals surface area contributed by atoms with Crippen molar-refractivity contribution in [2.45, 2.75) is 65.8 Å². The van der Waals surface area contributed by atoms with Crippen LogP contribution >= 0.6 is 0 Å². The van der Waals surface area contributed by atoms with Crippen LogP contribution in [0.2, 0.25) is 0 Å². The SMILES string of the molecule is C=C(/C=C(\C=C(\O)CCC)OC)c1cn(C2CC2)c(=C/C)/c1=C\C(=C\CC)NC(C)=O.CO.[Y]. The number of carbonyl (C=O) groups is 1. The number of hydrogen-bond acceptors (Lipinski definition) is 4. The Kier molecular flexibility index (Phi) is 15.8.